The van der Waals surface area contributed by atoms with Crippen molar-refractivity contribution in [2.45, 2.75) is 58.0 Å². The Hall–Kier alpha value is -0.450. The molecule has 0 amide bonds. The van der Waals surface area contributed by atoms with Crippen LogP contribution in [0.25, 0.3) is 0 Å². The molecule has 0 aliphatic heterocycles. The summed E-state index contributed by atoms with van der Waals surface area (Å²) in [6, 6.07) is 0.393. The first-order chi connectivity index (χ1) is 8.00. The fourth-order valence-corrected chi connectivity index (χ4v) is 3.41. The van der Waals surface area contributed by atoms with Gasteiger partial charge in [-0.1, -0.05) is 0 Å². The molecule has 1 unspecified atom stereocenters. The van der Waals surface area contributed by atoms with E-state index < -0.39 is 0 Å². The van der Waals surface area contributed by atoms with Gasteiger partial charge in [0.1, 0.15) is 0 Å². The smallest absolute Gasteiger partial charge is 0.0900 e. The first-order valence-electron chi connectivity index (χ1n) is 6.46. The summed E-state index contributed by atoms with van der Waals surface area (Å²) in [5, 5.41) is 4.72. The predicted octanol–water partition coefficient (Wildman–Crippen LogP) is 2.68. The Morgan fingerprint density at radius 2 is 2.18 bits per heavy atom. The largest absolute Gasteiger partial charge is 0.325 e. The lowest BCUT2D eigenvalue weighted by Crippen LogP contribution is -2.48. The topological polar surface area (TPSA) is 50.9 Å². The van der Waals surface area contributed by atoms with Crippen LogP contribution in [0.3, 0.4) is 0 Å². The van der Waals surface area contributed by atoms with Crippen molar-refractivity contribution in [3.05, 3.63) is 15.6 Å². The molecule has 3 nitrogen and oxygen atoms in total. The summed E-state index contributed by atoms with van der Waals surface area (Å²) < 4.78 is 0. The molecule has 1 aliphatic carbocycles. The van der Waals surface area contributed by atoms with Gasteiger partial charge >= 0.3 is 0 Å². The first kappa shape index (κ1) is 13.0. The molecule has 1 aromatic heterocycles. The van der Waals surface area contributed by atoms with Crippen LogP contribution >= 0.6 is 11.3 Å². The van der Waals surface area contributed by atoms with Gasteiger partial charge in [0.25, 0.3) is 0 Å². The van der Waals surface area contributed by atoms with Crippen LogP contribution in [0.15, 0.2) is 0 Å². The molecule has 0 saturated heterocycles. The van der Waals surface area contributed by atoms with Gasteiger partial charge in [0.05, 0.1) is 10.7 Å². The van der Waals surface area contributed by atoms with E-state index in [1.54, 1.807) is 11.3 Å². The Kier molecular flexibility index (Phi) is 3.85. The van der Waals surface area contributed by atoms with E-state index in [0.717, 1.165) is 18.0 Å². The Morgan fingerprint density at radius 3 is 2.65 bits per heavy atom. The Bertz CT molecular complexity index is 382. The van der Waals surface area contributed by atoms with Crippen molar-refractivity contribution in [2.24, 2.45) is 5.73 Å². The summed E-state index contributed by atoms with van der Waals surface area (Å²) >= 11 is 1.80. The van der Waals surface area contributed by atoms with Crippen LogP contribution < -0.4 is 11.1 Å². The molecule has 1 atom stereocenters. The van der Waals surface area contributed by atoms with Crippen LogP contribution in [-0.4, -0.2) is 17.1 Å². The second-order valence-corrected chi connectivity index (χ2v) is 6.56. The van der Waals surface area contributed by atoms with Crippen molar-refractivity contribution in [1.82, 2.24) is 10.3 Å². The van der Waals surface area contributed by atoms with E-state index >= 15 is 0 Å². The second kappa shape index (κ2) is 5.04. The summed E-state index contributed by atoms with van der Waals surface area (Å²) in [5.41, 5.74) is 7.51. The van der Waals surface area contributed by atoms with E-state index in [4.69, 9.17) is 5.73 Å². The highest BCUT2D eigenvalue weighted by Gasteiger charge is 2.31. The van der Waals surface area contributed by atoms with Crippen molar-refractivity contribution in [3.8, 4) is 0 Å². The van der Waals surface area contributed by atoms with Crippen LogP contribution in [0.5, 0.6) is 0 Å². The van der Waals surface area contributed by atoms with Crippen molar-refractivity contribution >= 4 is 11.3 Å². The van der Waals surface area contributed by atoms with E-state index in [1.165, 1.54) is 29.8 Å². The molecular formula is C13H23N3S. The number of nitrogens with zero attached hydrogens (tertiary/aromatic N) is 1. The van der Waals surface area contributed by atoms with Gasteiger partial charge in [-0.15, -0.1) is 11.3 Å². The Balaban J connectivity index is 1.81. The van der Waals surface area contributed by atoms with Gasteiger partial charge in [-0.3, -0.25) is 0 Å². The minimum Gasteiger partial charge on any atom is -0.325 e. The molecule has 3 N–H and O–H groups in total. The molecule has 1 heterocycles. The predicted molar refractivity (Wildman–Crippen MR) is 73.4 cm³/mol. The van der Waals surface area contributed by atoms with Gasteiger partial charge < -0.3 is 11.1 Å². The number of thiazole rings is 1. The Morgan fingerprint density at radius 1 is 1.47 bits per heavy atom. The molecule has 96 valence electrons. The average molecular weight is 253 g/mol. The monoisotopic (exact) mass is 253 g/mol. The molecule has 1 aromatic rings. The van der Waals surface area contributed by atoms with Gasteiger partial charge in [-0.05, 0) is 53.0 Å². The zero-order valence-electron chi connectivity index (χ0n) is 11.0. The van der Waals surface area contributed by atoms with E-state index in [9.17, 15) is 0 Å². The molecule has 0 spiro atoms. The molecule has 1 fully saturated rings. The fraction of sp³-hybridized carbons (Fsp3) is 0.769. The van der Waals surface area contributed by atoms with E-state index in [0.29, 0.717) is 6.04 Å². The lowest BCUT2D eigenvalue weighted by molar-refractivity contribution is 0.227. The van der Waals surface area contributed by atoms with Gasteiger partial charge in [-0.2, -0.15) is 0 Å². The number of aryl methyl sites for hydroxylation is 2. The quantitative estimate of drug-likeness (QED) is 0.848. The van der Waals surface area contributed by atoms with Gasteiger partial charge in [0.2, 0.25) is 0 Å². The van der Waals surface area contributed by atoms with Crippen molar-refractivity contribution < 1.29 is 0 Å². The molecule has 1 aliphatic rings. The van der Waals surface area contributed by atoms with Gasteiger partial charge in [0.15, 0.2) is 0 Å². The summed E-state index contributed by atoms with van der Waals surface area (Å²) in [5.74, 6) is 0. The normalized spacial score (nSPS) is 20.0. The molecular weight excluding hydrogens is 230 g/mol. The second-order valence-electron chi connectivity index (χ2n) is 5.32. The standard InChI is InChI=1S/C13H23N3S/c1-9(12-10(2)16-11(3)17-12)15-8-7-13(14)5-4-6-13/h9,15H,4-8,14H2,1-3H3. The van der Waals surface area contributed by atoms with Crippen molar-refractivity contribution in [1.29, 1.82) is 0 Å². The van der Waals surface area contributed by atoms with Crippen LogP contribution in [-0.2, 0) is 0 Å². The average Bonchev–Trinajstić information content (AvgIpc) is 2.55. The van der Waals surface area contributed by atoms with Crippen molar-refractivity contribution in [3.63, 3.8) is 0 Å². The van der Waals surface area contributed by atoms with Crippen LogP contribution in [0.4, 0.5) is 0 Å². The Labute approximate surface area is 108 Å². The lowest BCUT2D eigenvalue weighted by Gasteiger charge is -2.38. The number of nitrogens with two attached hydrogens (primary N) is 1. The van der Waals surface area contributed by atoms with E-state index in [1.807, 2.05) is 0 Å². The number of hydrogen-bond donors (Lipinski definition) is 2. The maximum Gasteiger partial charge on any atom is 0.0900 e. The number of nitrogens with one attached hydrogen (secondary N) is 1. The summed E-state index contributed by atoms with van der Waals surface area (Å²) in [4.78, 5) is 5.83. The summed E-state index contributed by atoms with van der Waals surface area (Å²) in [7, 11) is 0. The zero-order valence-corrected chi connectivity index (χ0v) is 11.9. The summed E-state index contributed by atoms with van der Waals surface area (Å²) in [6.45, 7) is 7.38. The molecule has 4 heteroatoms. The zero-order chi connectivity index (χ0) is 12.5. The van der Waals surface area contributed by atoms with Gasteiger partial charge in [0, 0.05) is 16.5 Å². The fourth-order valence-electron chi connectivity index (χ4n) is 2.46. The molecule has 0 aromatic carbocycles. The number of aromatic nitrogens is 1. The molecule has 17 heavy (non-hydrogen) atoms. The maximum absolute atomic E-state index is 6.21. The molecule has 1 saturated carbocycles. The number of hydrogen-bond acceptors (Lipinski definition) is 4. The number of rotatable bonds is 5. The molecule has 2 rings (SSSR count). The van der Waals surface area contributed by atoms with Crippen LogP contribution in [0.2, 0.25) is 0 Å². The van der Waals surface area contributed by atoms with Gasteiger partial charge in [-0.25, -0.2) is 4.98 Å². The minimum atomic E-state index is 0.130. The van der Waals surface area contributed by atoms with Crippen molar-refractivity contribution in [2.75, 3.05) is 6.54 Å². The third-order valence-electron chi connectivity index (χ3n) is 3.76. The lowest BCUT2D eigenvalue weighted by atomic mass is 9.75. The highest BCUT2D eigenvalue weighted by Crippen LogP contribution is 2.32. The van der Waals surface area contributed by atoms with Crippen LogP contribution in [0.1, 0.15) is 54.2 Å². The maximum atomic E-state index is 6.21. The molecule has 0 bridgehead atoms. The summed E-state index contributed by atoms with van der Waals surface area (Å²) in [6.07, 6.45) is 4.79. The first-order valence-corrected chi connectivity index (χ1v) is 7.28. The SMILES string of the molecule is Cc1nc(C)c(C(C)NCCC2(N)CCC2)s1. The minimum absolute atomic E-state index is 0.130. The highest BCUT2D eigenvalue weighted by molar-refractivity contribution is 7.11. The van der Waals surface area contributed by atoms with E-state index in [2.05, 4.69) is 31.1 Å². The van der Waals surface area contributed by atoms with Crippen LogP contribution in [0, 0.1) is 13.8 Å². The third kappa shape index (κ3) is 3.06. The third-order valence-corrected chi connectivity index (χ3v) is 5.01. The molecule has 0 radical (unpaired) electrons. The highest BCUT2D eigenvalue weighted by atomic mass is 32.1. The van der Waals surface area contributed by atoms with E-state index in [-0.39, 0.29) is 5.54 Å².